The Hall–Kier alpha value is -3.83. The van der Waals surface area contributed by atoms with Gasteiger partial charge >= 0.3 is 6.36 Å². The van der Waals surface area contributed by atoms with Crippen molar-refractivity contribution in [1.82, 2.24) is 30.1 Å². The van der Waals surface area contributed by atoms with E-state index >= 15 is 0 Å². The highest BCUT2D eigenvalue weighted by molar-refractivity contribution is 7.91. The van der Waals surface area contributed by atoms with Crippen LogP contribution in [0, 0.1) is 0 Å². The van der Waals surface area contributed by atoms with E-state index in [0.29, 0.717) is 41.3 Å². The van der Waals surface area contributed by atoms with Crippen molar-refractivity contribution in [2.75, 3.05) is 4.90 Å². The molecule has 2 saturated heterocycles. The molecule has 2 bridgehead atoms. The minimum Gasteiger partial charge on any atom is -0.405 e. The standard InChI is InChI=1S/C29H28F3N7O5S2/c30-29(31,32)43-22-4-2-1-3-19(22)23-20(24(44-37-23)14-5-6-14)12-33-15-9-16-11-17(10-15)39(16)28-36-25-27(45-28)35-21(13-34-25)26(40)38-46(41,42)18-7-8-18/h1-4,13-18,33H,5-12H2,(H,38,40). The average Bonchev–Trinajstić information content (AvgIpc) is 3.94. The number of alkyl halides is 3. The van der Waals surface area contributed by atoms with Crippen LogP contribution < -0.4 is 19.7 Å². The molecule has 46 heavy (non-hydrogen) atoms. The van der Waals surface area contributed by atoms with Crippen molar-refractivity contribution in [1.29, 1.82) is 0 Å². The number of rotatable bonds is 10. The molecule has 5 heterocycles. The summed E-state index contributed by atoms with van der Waals surface area (Å²) in [4.78, 5) is 28.5. The van der Waals surface area contributed by atoms with Gasteiger partial charge in [-0.15, -0.1) is 13.2 Å². The van der Waals surface area contributed by atoms with Crippen LogP contribution in [-0.4, -0.2) is 64.2 Å². The van der Waals surface area contributed by atoms with Gasteiger partial charge in [-0.1, -0.05) is 28.6 Å². The zero-order valence-electron chi connectivity index (χ0n) is 24.2. The van der Waals surface area contributed by atoms with Gasteiger partial charge in [-0.05, 0) is 57.1 Å². The van der Waals surface area contributed by atoms with Gasteiger partial charge in [0.2, 0.25) is 10.0 Å². The number of benzene rings is 1. The third-order valence-electron chi connectivity index (χ3n) is 8.91. The molecule has 12 nitrogen and oxygen atoms in total. The molecule has 17 heteroatoms. The Balaban J connectivity index is 0.952. The zero-order valence-corrected chi connectivity index (χ0v) is 25.8. The first kappa shape index (κ1) is 29.6. The van der Waals surface area contributed by atoms with E-state index in [1.165, 1.54) is 29.7 Å². The number of hydrogen-bond donors (Lipinski definition) is 2. The highest BCUT2D eigenvalue weighted by Crippen LogP contribution is 2.47. The lowest BCUT2D eigenvalue weighted by atomic mass is 9.77. The topological polar surface area (TPSA) is 152 Å². The van der Waals surface area contributed by atoms with Crippen molar-refractivity contribution in [2.45, 2.75) is 87.1 Å². The molecule has 2 atom stereocenters. The van der Waals surface area contributed by atoms with Crippen LogP contribution in [0.5, 0.6) is 5.75 Å². The van der Waals surface area contributed by atoms with E-state index in [-0.39, 0.29) is 41.1 Å². The lowest BCUT2D eigenvalue weighted by Crippen LogP contribution is -2.64. The van der Waals surface area contributed by atoms with Crippen molar-refractivity contribution >= 4 is 42.9 Å². The number of anilines is 1. The Labute approximate surface area is 264 Å². The van der Waals surface area contributed by atoms with Gasteiger partial charge in [0, 0.05) is 41.7 Å². The first-order chi connectivity index (χ1) is 22.0. The SMILES string of the molecule is O=C(NS(=O)(=O)C1CC1)c1cnc2nc(N3C4CC(NCc5c(-c6ccccc6OC(F)(F)F)noc5C5CC5)CC3C4)sc2n1. The minimum atomic E-state index is -4.84. The van der Waals surface area contributed by atoms with Gasteiger partial charge in [-0.3, -0.25) is 4.79 Å². The van der Waals surface area contributed by atoms with Gasteiger partial charge in [-0.2, -0.15) is 4.98 Å². The summed E-state index contributed by atoms with van der Waals surface area (Å²) in [6.45, 7) is 0.394. The number of aromatic nitrogens is 4. The fraction of sp³-hybridized carbons (Fsp3) is 0.483. The van der Waals surface area contributed by atoms with Gasteiger partial charge < -0.3 is 19.5 Å². The number of halogens is 3. The Morgan fingerprint density at radius 1 is 1.09 bits per heavy atom. The highest BCUT2D eigenvalue weighted by Gasteiger charge is 2.47. The van der Waals surface area contributed by atoms with Crippen LogP contribution in [0.1, 0.15) is 72.7 Å². The number of ether oxygens (including phenoxy) is 1. The first-order valence-corrected chi connectivity index (χ1v) is 17.4. The summed E-state index contributed by atoms with van der Waals surface area (Å²) in [7, 11) is -3.70. The molecule has 5 aliphatic rings. The normalized spacial score (nSPS) is 22.9. The summed E-state index contributed by atoms with van der Waals surface area (Å²) in [5.74, 6) is -0.209. The van der Waals surface area contributed by atoms with Crippen molar-refractivity contribution in [2.24, 2.45) is 0 Å². The van der Waals surface area contributed by atoms with Crippen LogP contribution >= 0.6 is 11.3 Å². The largest absolute Gasteiger partial charge is 0.573 e. The van der Waals surface area contributed by atoms with Crippen molar-refractivity contribution in [3.05, 3.63) is 47.5 Å². The van der Waals surface area contributed by atoms with E-state index < -0.39 is 27.5 Å². The van der Waals surface area contributed by atoms with Crippen LogP contribution in [0.2, 0.25) is 0 Å². The van der Waals surface area contributed by atoms with Crippen LogP contribution in [-0.2, 0) is 16.6 Å². The average molecular weight is 676 g/mol. The predicted molar refractivity (Wildman–Crippen MR) is 160 cm³/mol. The summed E-state index contributed by atoms with van der Waals surface area (Å²) < 4.78 is 75.8. The summed E-state index contributed by atoms with van der Waals surface area (Å²) in [6, 6.07) is 6.55. The molecule has 0 radical (unpaired) electrons. The molecule has 4 aromatic rings. The minimum absolute atomic E-state index is 0.0775. The monoisotopic (exact) mass is 675 g/mol. The number of thiazole rings is 1. The van der Waals surface area contributed by atoms with Gasteiger partial charge in [0.15, 0.2) is 15.6 Å². The molecule has 5 fully saturated rings. The summed E-state index contributed by atoms with van der Waals surface area (Å²) in [5, 5.41) is 8.03. The predicted octanol–water partition coefficient (Wildman–Crippen LogP) is 4.64. The van der Waals surface area contributed by atoms with Crippen LogP contribution in [0.3, 0.4) is 0 Å². The molecule has 1 aromatic carbocycles. The third kappa shape index (κ3) is 5.68. The van der Waals surface area contributed by atoms with Crippen molar-refractivity contribution in [3.63, 3.8) is 0 Å². The van der Waals surface area contributed by atoms with Crippen molar-refractivity contribution < 1.29 is 35.6 Å². The second-order valence-electron chi connectivity index (χ2n) is 12.2. The first-order valence-electron chi connectivity index (χ1n) is 15.1. The van der Waals surface area contributed by atoms with Crippen LogP contribution in [0.4, 0.5) is 18.3 Å². The summed E-state index contributed by atoms with van der Waals surface area (Å²) in [5.41, 5.74) is 1.65. The number of fused-ring (bicyclic) bond motifs is 3. The quantitative estimate of drug-likeness (QED) is 0.242. The van der Waals surface area contributed by atoms with E-state index in [4.69, 9.17) is 4.52 Å². The van der Waals surface area contributed by atoms with Gasteiger partial charge in [0.05, 0.1) is 11.4 Å². The zero-order chi connectivity index (χ0) is 31.8. The Kier molecular flexibility index (Phi) is 6.99. The molecule has 2 N–H and O–H groups in total. The van der Waals surface area contributed by atoms with Gasteiger partial charge in [0.1, 0.15) is 22.9 Å². The molecule has 3 aromatic heterocycles. The van der Waals surface area contributed by atoms with Gasteiger partial charge in [0.25, 0.3) is 5.91 Å². The Bertz CT molecular complexity index is 1930. The number of hydrogen-bond acceptors (Lipinski definition) is 12. The number of sulfonamides is 1. The highest BCUT2D eigenvalue weighted by atomic mass is 32.2. The molecule has 3 saturated carbocycles. The fourth-order valence-electron chi connectivity index (χ4n) is 6.42. The van der Waals surface area contributed by atoms with E-state index in [2.05, 4.69) is 39.8 Å². The Morgan fingerprint density at radius 3 is 2.57 bits per heavy atom. The molecular weight excluding hydrogens is 647 g/mol. The molecule has 3 aliphatic carbocycles. The molecule has 9 rings (SSSR count). The molecule has 1 amide bonds. The van der Waals surface area contributed by atoms with E-state index in [1.54, 1.807) is 12.1 Å². The lowest BCUT2D eigenvalue weighted by Gasteiger charge is -2.55. The van der Waals surface area contributed by atoms with E-state index in [9.17, 15) is 26.4 Å². The number of amides is 1. The van der Waals surface area contributed by atoms with E-state index in [1.807, 2.05) is 0 Å². The lowest BCUT2D eigenvalue weighted by molar-refractivity contribution is -0.274. The van der Waals surface area contributed by atoms with Crippen LogP contribution in [0.15, 0.2) is 35.0 Å². The Morgan fingerprint density at radius 2 is 1.85 bits per heavy atom. The summed E-state index contributed by atoms with van der Waals surface area (Å²) >= 11 is 1.31. The number of para-hydroxylation sites is 1. The smallest absolute Gasteiger partial charge is 0.405 e. The maximum atomic E-state index is 13.1. The van der Waals surface area contributed by atoms with Crippen LogP contribution in [0.25, 0.3) is 21.7 Å². The number of carbonyl (C=O) groups is 1. The fourth-order valence-corrected chi connectivity index (χ4v) is 8.75. The number of nitrogens with one attached hydrogen (secondary N) is 2. The number of piperidine rings is 1. The molecule has 2 aliphatic heterocycles. The molecule has 242 valence electrons. The van der Waals surface area contributed by atoms with Gasteiger partial charge in [-0.25, -0.2) is 23.1 Å². The molecule has 2 unspecified atom stereocenters. The third-order valence-corrected chi connectivity index (χ3v) is 11.7. The van der Waals surface area contributed by atoms with Crippen molar-refractivity contribution in [3.8, 4) is 17.0 Å². The summed E-state index contributed by atoms with van der Waals surface area (Å²) in [6.07, 6.45) is 2.03. The van der Waals surface area contributed by atoms with E-state index in [0.717, 1.165) is 42.8 Å². The second kappa shape index (κ2) is 10.9. The maximum Gasteiger partial charge on any atom is 0.573 e. The maximum absolute atomic E-state index is 13.1. The molecule has 0 spiro atoms. The molecular formula is C29H28F3N7O5S2. The number of nitrogens with zero attached hydrogens (tertiary/aromatic N) is 5. The number of carbonyl (C=O) groups excluding carboxylic acids is 1. The second-order valence-corrected chi connectivity index (χ2v) is 15.2.